The number of rotatable bonds is 8. The highest BCUT2D eigenvalue weighted by atomic mass is 16.5. The lowest BCUT2D eigenvalue weighted by molar-refractivity contribution is -0.143. The van der Waals surface area contributed by atoms with Gasteiger partial charge in [-0.2, -0.15) is 5.10 Å². The minimum atomic E-state index is -1.10. The Labute approximate surface area is 196 Å². The second kappa shape index (κ2) is 9.78. The van der Waals surface area contributed by atoms with E-state index < -0.39 is 24.0 Å². The number of carboxylic acid groups (broad SMARTS) is 1. The summed E-state index contributed by atoms with van der Waals surface area (Å²) in [6.45, 7) is 3.43. The van der Waals surface area contributed by atoms with E-state index in [9.17, 15) is 19.5 Å². The standard InChI is InChI=1S/C25H26N4O5/c1-15(2)23(24(31)32)28-22(30)13-29-12-16(11-26-29)27-25(33)34-14-21-19-9-5-3-7-17(19)18-8-4-6-10-20(18)21/h3-12,15,21,23H,13-14H2,1-2H3,(H,27,33)(H,28,30)(H,31,32)/t23-/m0/s1. The van der Waals surface area contributed by atoms with E-state index in [4.69, 9.17) is 4.74 Å². The zero-order valence-corrected chi connectivity index (χ0v) is 18.9. The molecule has 1 aliphatic carbocycles. The van der Waals surface area contributed by atoms with Crippen LogP contribution in [0.5, 0.6) is 0 Å². The van der Waals surface area contributed by atoms with Gasteiger partial charge in [0, 0.05) is 12.1 Å². The lowest BCUT2D eigenvalue weighted by Gasteiger charge is -2.17. The van der Waals surface area contributed by atoms with Gasteiger partial charge in [0.1, 0.15) is 19.2 Å². The van der Waals surface area contributed by atoms with Gasteiger partial charge in [-0.05, 0) is 28.2 Å². The van der Waals surface area contributed by atoms with E-state index in [1.165, 1.54) is 17.1 Å². The molecule has 1 atom stereocenters. The van der Waals surface area contributed by atoms with E-state index in [-0.39, 0.29) is 25.0 Å². The number of anilines is 1. The number of amides is 2. The molecule has 9 nitrogen and oxygen atoms in total. The molecule has 0 bridgehead atoms. The van der Waals surface area contributed by atoms with Crippen LogP contribution >= 0.6 is 0 Å². The van der Waals surface area contributed by atoms with Gasteiger partial charge >= 0.3 is 12.1 Å². The third kappa shape index (κ3) is 4.93. The molecule has 34 heavy (non-hydrogen) atoms. The summed E-state index contributed by atoms with van der Waals surface area (Å²) in [4.78, 5) is 35.8. The summed E-state index contributed by atoms with van der Waals surface area (Å²) in [5.74, 6) is -1.89. The Bertz CT molecular complexity index is 1170. The van der Waals surface area contributed by atoms with Crippen LogP contribution in [-0.2, 0) is 20.9 Å². The molecule has 1 aliphatic rings. The molecule has 1 heterocycles. The van der Waals surface area contributed by atoms with Crippen molar-refractivity contribution >= 4 is 23.7 Å². The van der Waals surface area contributed by atoms with Gasteiger partial charge in [-0.1, -0.05) is 62.4 Å². The Kier molecular flexibility index (Phi) is 6.62. The first-order valence-electron chi connectivity index (χ1n) is 11.0. The Morgan fingerprint density at radius 3 is 2.26 bits per heavy atom. The molecule has 0 aliphatic heterocycles. The normalized spacial score (nSPS) is 13.1. The average molecular weight is 463 g/mol. The maximum atomic E-state index is 12.4. The summed E-state index contributed by atoms with van der Waals surface area (Å²) in [6.07, 6.45) is 2.24. The molecule has 3 aromatic rings. The number of nitrogens with one attached hydrogen (secondary N) is 2. The van der Waals surface area contributed by atoms with E-state index in [0.29, 0.717) is 5.69 Å². The lowest BCUT2D eigenvalue weighted by atomic mass is 9.98. The van der Waals surface area contributed by atoms with Crippen LogP contribution in [-0.4, -0.2) is 45.5 Å². The fourth-order valence-electron chi connectivity index (χ4n) is 4.15. The Balaban J connectivity index is 1.33. The van der Waals surface area contributed by atoms with E-state index in [1.54, 1.807) is 13.8 Å². The summed E-state index contributed by atoms with van der Waals surface area (Å²) in [5.41, 5.74) is 4.90. The third-order valence-electron chi connectivity index (χ3n) is 5.78. The largest absolute Gasteiger partial charge is 0.480 e. The van der Waals surface area contributed by atoms with E-state index in [1.807, 2.05) is 36.4 Å². The first kappa shape index (κ1) is 23.0. The van der Waals surface area contributed by atoms with E-state index >= 15 is 0 Å². The van der Waals surface area contributed by atoms with Crippen LogP contribution in [0.1, 0.15) is 30.9 Å². The monoisotopic (exact) mass is 462 g/mol. The summed E-state index contributed by atoms with van der Waals surface area (Å²) in [7, 11) is 0. The maximum absolute atomic E-state index is 12.4. The second-order valence-corrected chi connectivity index (χ2v) is 8.50. The van der Waals surface area contributed by atoms with E-state index in [0.717, 1.165) is 22.3 Å². The number of benzene rings is 2. The van der Waals surface area contributed by atoms with Crippen LogP contribution in [0.4, 0.5) is 10.5 Å². The van der Waals surface area contributed by atoms with Crippen molar-refractivity contribution < 1.29 is 24.2 Å². The van der Waals surface area contributed by atoms with Crippen molar-refractivity contribution in [2.75, 3.05) is 11.9 Å². The molecule has 0 spiro atoms. The number of aromatic nitrogens is 2. The van der Waals surface area contributed by atoms with Crippen molar-refractivity contribution in [1.82, 2.24) is 15.1 Å². The van der Waals surface area contributed by atoms with Crippen LogP contribution in [0.3, 0.4) is 0 Å². The molecule has 0 saturated heterocycles. The van der Waals surface area contributed by atoms with Gasteiger partial charge in [0.25, 0.3) is 0 Å². The predicted octanol–water partition coefficient (Wildman–Crippen LogP) is 3.47. The second-order valence-electron chi connectivity index (χ2n) is 8.50. The number of fused-ring (bicyclic) bond motifs is 3. The number of hydrogen-bond acceptors (Lipinski definition) is 5. The molecule has 2 aromatic carbocycles. The van der Waals surface area contributed by atoms with Crippen molar-refractivity contribution in [3.05, 3.63) is 72.1 Å². The van der Waals surface area contributed by atoms with Crippen LogP contribution in [0.2, 0.25) is 0 Å². The number of nitrogens with zero attached hydrogens (tertiary/aromatic N) is 2. The van der Waals surface area contributed by atoms with Gasteiger partial charge in [-0.25, -0.2) is 9.59 Å². The highest BCUT2D eigenvalue weighted by Gasteiger charge is 2.29. The van der Waals surface area contributed by atoms with Crippen LogP contribution in [0, 0.1) is 5.92 Å². The molecular formula is C25H26N4O5. The van der Waals surface area contributed by atoms with Gasteiger partial charge in [0.05, 0.1) is 11.9 Å². The fourth-order valence-corrected chi connectivity index (χ4v) is 4.15. The summed E-state index contributed by atoms with van der Waals surface area (Å²) < 4.78 is 6.82. The summed E-state index contributed by atoms with van der Waals surface area (Å²) >= 11 is 0. The fraction of sp³-hybridized carbons (Fsp3) is 0.280. The quantitative estimate of drug-likeness (QED) is 0.471. The van der Waals surface area contributed by atoms with Crippen molar-refractivity contribution in [1.29, 1.82) is 0 Å². The summed E-state index contributed by atoms with van der Waals surface area (Å²) in [5, 5.41) is 18.3. The number of carbonyl (C=O) groups is 3. The first-order chi connectivity index (χ1) is 16.3. The minimum absolute atomic E-state index is 0.0484. The van der Waals surface area contributed by atoms with Crippen molar-refractivity contribution in [3.63, 3.8) is 0 Å². The smallest absolute Gasteiger partial charge is 0.411 e. The number of carbonyl (C=O) groups excluding carboxylic acids is 2. The topological polar surface area (TPSA) is 123 Å². The number of aliphatic carboxylic acids is 1. The van der Waals surface area contributed by atoms with Crippen LogP contribution in [0.25, 0.3) is 11.1 Å². The first-order valence-corrected chi connectivity index (χ1v) is 11.0. The number of carboxylic acids is 1. The molecule has 1 aromatic heterocycles. The van der Waals surface area contributed by atoms with Crippen molar-refractivity contribution in [3.8, 4) is 11.1 Å². The minimum Gasteiger partial charge on any atom is -0.480 e. The summed E-state index contributed by atoms with van der Waals surface area (Å²) in [6, 6.07) is 15.2. The molecule has 0 unspecified atom stereocenters. The molecule has 2 amide bonds. The highest BCUT2D eigenvalue weighted by Crippen LogP contribution is 2.44. The predicted molar refractivity (Wildman–Crippen MR) is 125 cm³/mol. The zero-order valence-electron chi connectivity index (χ0n) is 18.9. The molecule has 0 radical (unpaired) electrons. The molecule has 176 valence electrons. The maximum Gasteiger partial charge on any atom is 0.411 e. The molecule has 4 rings (SSSR count). The molecule has 0 saturated carbocycles. The van der Waals surface area contributed by atoms with Gasteiger partial charge < -0.3 is 15.2 Å². The number of hydrogen-bond donors (Lipinski definition) is 3. The Hall–Kier alpha value is -4.14. The molecular weight excluding hydrogens is 436 g/mol. The lowest BCUT2D eigenvalue weighted by Crippen LogP contribution is -2.45. The van der Waals surface area contributed by atoms with E-state index in [2.05, 4.69) is 27.9 Å². The Morgan fingerprint density at radius 1 is 1.06 bits per heavy atom. The Morgan fingerprint density at radius 2 is 1.68 bits per heavy atom. The molecule has 0 fully saturated rings. The van der Waals surface area contributed by atoms with Crippen molar-refractivity contribution in [2.45, 2.75) is 32.4 Å². The highest BCUT2D eigenvalue weighted by molar-refractivity contribution is 5.85. The average Bonchev–Trinajstić information content (AvgIpc) is 3.37. The van der Waals surface area contributed by atoms with Gasteiger partial charge in [-0.3, -0.25) is 14.8 Å². The van der Waals surface area contributed by atoms with Crippen LogP contribution in [0.15, 0.2) is 60.9 Å². The molecule has 9 heteroatoms. The van der Waals surface area contributed by atoms with Gasteiger partial charge in [0.15, 0.2) is 0 Å². The van der Waals surface area contributed by atoms with Crippen molar-refractivity contribution in [2.24, 2.45) is 5.92 Å². The molecule has 3 N–H and O–H groups in total. The zero-order chi connectivity index (χ0) is 24.2. The van der Waals surface area contributed by atoms with Gasteiger partial charge in [-0.15, -0.1) is 0 Å². The number of ether oxygens (including phenoxy) is 1. The SMILES string of the molecule is CC(C)[C@H](NC(=O)Cn1cc(NC(=O)OCC2c3ccccc3-c3ccccc32)cn1)C(=O)O. The van der Waals surface area contributed by atoms with Crippen LogP contribution < -0.4 is 10.6 Å². The third-order valence-corrected chi connectivity index (χ3v) is 5.78. The van der Waals surface area contributed by atoms with Gasteiger partial charge in [0.2, 0.25) is 5.91 Å².